The largest absolute Gasteiger partial charge is 0.376 e. The summed E-state index contributed by atoms with van der Waals surface area (Å²) < 4.78 is 0. The molecule has 0 radical (unpaired) electrons. The van der Waals surface area contributed by atoms with E-state index >= 15 is 0 Å². The lowest BCUT2D eigenvalue weighted by molar-refractivity contribution is -0.161. The number of aliphatic hydroxyl groups excluding tert-OH is 2. The third kappa shape index (κ3) is 3.46. The monoisotopic (exact) mass is 342 g/mol. The predicted molar refractivity (Wildman–Crippen MR) is 79.9 cm³/mol. The predicted octanol–water partition coefficient (Wildman–Crippen LogP) is -3.00. The topological polar surface area (TPSA) is 122 Å². The first kappa shape index (κ1) is 18.5. The Hall–Kier alpha value is -1.88. The molecule has 2 fully saturated rings. The van der Waals surface area contributed by atoms with E-state index in [4.69, 9.17) is 10.2 Å². The maximum absolute atomic E-state index is 11.9. The Morgan fingerprint density at radius 2 is 0.958 bits per heavy atom. The zero-order chi connectivity index (χ0) is 18.0. The van der Waals surface area contributed by atoms with Crippen LogP contribution in [-0.2, 0) is 19.2 Å². The van der Waals surface area contributed by atoms with Crippen molar-refractivity contribution in [2.75, 3.05) is 39.6 Å². The van der Waals surface area contributed by atoms with Crippen LogP contribution in [0.25, 0.3) is 0 Å². The lowest BCUT2D eigenvalue weighted by atomic mass is 10.1. The van der Waals surface area contributed by atoms with Gasteiger partial charge in [0.1, 0.15) is 13.5 Å². The molecule has 0 aromatic rings. The number of amides is 4. The van der Waals surface area contributed by atoms with Gasteiger partial charge < -0.3 is 10.2 Å². The highest BCUT2D eigenvalue weighted by atomic mass is 16.3. The molecule has 2 heterocycles. The molecule has 2 N–H and O–H groups in total. The van der Waals surface area contributed by atoms with Gasteiger partial charge in [0.25, 0.3) is 0 Å². The summed E-state index contributed by atoms with van der Waals surface area (Å²) in [4.78, 5) is 52.4. The average molecular weight is 342 g/mol. The minimum atomic E-state index is -0.637. The van der Waals surface area contributed by atoms with Crippen LogP contribution in [0.5, 0.6) is 0 Å². The van der Waals surface area contributed by atoms with Crippen molar-refractivity contribution in [3.63, 3.8) is 0 Å². The molecule has 4 amide bonds. The lowest BCUT2D eigenvalue weighted by Crippen LogP contribution is -2.63. The fourth-order valence-corrected chi connectivity index (χ4v) is 2.93. The van der Waals surface area contributed by atoms with Crippen LogP contribution in [0, 0.1) is 0 Å². The van der Waals surface area contributed by atoms with Crippen molar-refractivity contribution in [1.82, 2.24) is 19.6 Å². The highest BCUT2D eigenvalue weighted by molar-refractivity contribution is 6.00. The van der Waals surface area contributed by atoms with Gasteiger partial charge in [-0.05, 0) is 13.8 Å². The molecule has 2 rings (SSSR count). The molecule has 0 spiro atoms. The number of aliphatic hydroxyl groups is 2. The zero-order valence-electron chi connectivity index (χ0n) is 13.7. The average Bonchev–Trinajstić information content (AvgIpc) is 2.52. The number of hydrogen-bond donors (Lipinski definition) is 2. The first-order chi connectivity index (χ1) is 11.3. The van der Waals surface area contributed by atoms with Gasteiger partial charge in [0, 0.05) is 12.1 Å². The molecule has 2 unspecified atom stereocenters. The molecule has 0 bridgehead atoms. The second-order valence-corrected chi connectivity index (χ2v) is 6.01. The summed E-state index contributed by atoms with van der Waals surface area (Å²) in [6.07, 6.45) is 0. The quantitative estimate of drug-likeness (QED) is 0.507. The number of carbonyl (C=O) groups is 4. The van der Waals surface area contributed by atoms with Crippen molar-refractivity contribution in [3.8, 4) is 0 Å². The van der Waals surface area contributed by atoms with E-state index in [-0.39, 0.29) is 38.3 Å². The van der Waals surface area contributed by atoms with Crippen LogP contribution in [0.4, 0.5) is 0 Å². The Morgan fingerprint density at radius 1 is 0.708 bits per heavy atom. The highest BCUT2D eigenvalue weighted by Crippen LogP contribution is 2.17. The molecule has 0 aromatic carbocycles. The molecule has 10 nitrogen and oxygen atoms in total. The molecule has 2 aliphatic rings. The Bertz CT molecular complexity index is 469. The summed E-state index contributed by atoms with van der Waals surface area (Å²) in [5.74, 6) is -1.93. The van der Waals surface area contributed by atoms with E-state index in [1.54, 1.807) is 9.80 Å². The van der Waals surface area contributed by atoms with E-state index in [1.165, 1.54) is 0 Å². The molecule has 0 aromatic heterocycles. The number of imide groups is 2. The van der Waals surface area contributed by atoms with Gasteiger partial charge in [-0.2, -0.15) is 0 Å². The lowest BCUT2D eigenvalue weighted by Gasteiger charge is -2.42. The van der Waals surface area contributed by atoms with Crippen LogP contribution in [0.3, 0.4) is 0 Å². The molecule has 0 aliphatic carbocycles. The number of nitrogens with zero attached hydrogens (tertiary/aromatic N) is 4. The highest BCUT2D eigenvalue weighted by Gasteiger charge is 2.38. The summed E-state index contributed by atoms with van der Waals surface area (Å²) in [6, 6.07) is -0.528. The molecule has 2 saturated heterocycles. The smallest absolute Gasteiger partial charge is 0.245 e. The molecule has 2 aliphatic heterocycles. The van der Waals surface area contributed by atoms with Gasteiger partial charge in [0.05, 0.1) is 26.2 Å². The summed E-state index contributed by atoms with van der Waals surface area (Å²) in [5.41, 5.74) is 0. The molecule has 134 valence electrons. The Morgan fingerprint density at radius 3 is 1.17 bits per heavy atom. The number of piperazine rings is 2. The van der Waals surface area contributed by atoms with Gasteiger partial charge in [0.15, 0.2) is 0 Å². The molecule has 2 atom stereocenters. The minimum Gasteiger partial charge on any atom is -0.376 e. The Balaban J connectivity index is 2.03. The van der Waals surface area contributed by atoms with Crippen molar-refractivity contribution in [2.24, 2.45) is 0 Å². The van der Waals surface area contributed by atoms with Crippen LogP contribution in [0.2, 0.25) is 0 Å². The minimum absolute atomic E-state index is 0.0176. The van der Waals surface area contributed by atoms with Crippen LogP contribution in [-0.4, -0.2) is 105 Å². The van der Waals surface area contributed by atoms with Gasteiger partial charge in [-0.3, -0.25) is 38.8 Å². The molecule has 10 heteroatoms. The van der Waals surface area contributed by atoms with Crippen LogP contribution >= 0.6 is 0 Å². The molecule has 0 saturated carbocycles. The van der Waals surface area contributed by atoms with Gasteiger partial charge in [-0.1, -0.05) is 0 Å². The Labute approximate surface area is 139 Å². The van der Waals surface area contributed by atoms with Crippen molar-refractivity contribution in [1.29, 1.82) is 0 Å². The first-order valence-electron chi connectivity index (χ1n) is 7.66. The van der Waals surface area contributed by atoms with E-state index in [0.29, 0.717) is 0 Å². The maximum Gasteiger partial charge on any atom is 0.245 e. The number of carbonyl (C=O) groups excluding carboxylic acids is 4. The van der Waals surface area contributed by atoms with Crippen LogP contribution in [0.15, 0.2) is 0 Å². The van der Waals surface area contributed by atoms with E-state index in [2.05, 4.69) is 0 Å². The molecular formula is C14H22N4O6. The van der Waals surface area contributed by atoms with Crippen LogP contribution in [0.1, 0.15) is 13.8 Å². The molecular weight excluding hydrogens is 320 g/mol. The van der Waals surface area contributed by atoms with Gasteiger partial charge in [0.2, 0.25) is 23.6 Å². The van der Waals surface area contributed by atoms with Crippen molar-refractivity contribution in [3.05, 3.63) is 0 Å². The Kier molecular flexibility index (Phi) is 5.65. The van der Waals surface area contributed by atoms with E-state index in [9.17, 15) is 19.2 Å². The zero-order valence-corrected chi connectivity index (χ0v) is 13.7. The van der Waals surface area contributed by atoms with Crippen LogP contribution < -0.4 is 0 Å². The second kappa shape index (κ2) is 7.34. The van der Waals surface area contributed by atoms with Gasteiger partial charge >= 0.3 is 0 Å². The third-order valence-corrected chi connectivity index (χ3v) is 4.69. The fourth-order valence-electron chi connectivity index (χ4n) is 2.93. The summed E-state index contributed by atoms with van der Waals surface area (Å²) in [6.45, 7) is 2.28. The maximum atomic E-state index is 11.9. The van der Waals surface area contributed by atoms with E-state index in [0.717, 1.165) is 9.80 Å². The van der Waals surface area contributed by atoms with Gasteiger partial charge in [-0.25, -0.2) is 0 Å². The number of hydrogen-bond acceptors (Lipinski definition) is 8. The van der Waals surface area contributed by atoms with Crippen molar-refractivity contribution in [2.45, 2.75) is 25.9 Å². The molecule has 24 heavy (non-hydrogen) atoms. The number of rotatable bonds is 5. The third-order valence-electron chi connectivity index (χ3n) is 4.69. The first-order valence-corrected chi connectivity index (χ1v) is 7.66. The van der Waals surface area contributed by atoms with Crippen molar-refractivity contribution < 1.29 is 29.4 Å². The fraction of sp³-hybridized carbons (Fsp3) is 0.714. The normalized spacial score (nSPS) is 23.8. The summed E-state index contributed by atoms with van der Waals surface area (Å²) in [7, 11) is 0. The standard InChI is InChI=1S/C14H22N4O6/c1-9(15-3-11(21)17(7-19)12(22)4-15)10(2)16-5-13(23)18(8-20)14(24)6-16/h9-10,19-20H,3-8H2,1-2H3. The van der Waals surface area contributed by atoms with Crippen molar-refractivity contribution >= 4 is 23.6 Å². The van der Waals surface area contributed by atoms with E-state index < -0.39 is 37.1 Å². The summed E-state index contributed by atoms with van der Waals surface area (Å²) in [5, 5.41) is 18.1. The van der Waals surface area contributed by atoms with E-state index in [1.807, 2.05) is 13.8 Å². The second-order valence-electron chi connectivity index (χ2n) is 6.01. The SMILES string of the molecule is CC(C(C)N1CC(=O)N(CO)C(=O)C1)N1CC(=O)N(CO)C(=O)C1. The summed E-state index contributed by atoms with van der Waals surface area (Å²) >= 11 is 0. The van der Waals surface area contributed by atoms with Gasteiger partial charge in [-0.15, -0.1) is 0 Å².